The normalized spacial score (nSPS) is 16.1. The highest BCUT2D eigenvalue weighted by Crippen LogP contribution is 2.19. The molecule has 1 N–H and O–H groups in total. The second kappa shape index (κ2) is 10.3. The molecule has 1 saturated heterocycles. The molecule has 1 fully saturated rings. The highest BCUT2D eigenvalue weighted by Gasteiger charge is 2.27. The lowest BCUT2D eigenvalue weighted by Crippen LogP contribution is -2.46. The number of piperidine rings is 1. The zero-order chi connectivity index (χ0) is 19.8. The summed E-state index contributed by atoms with van der Waals surface area (Å²) in [6.45, 7) is 7.72. The van der Waals surface area contributed by atoms with Crippen LogP contribution in [0.1, 0.15) is 37.8 Å². The van der Waals surface area contributed by atoms with Crippen molar-refractivity contribution >= 4 is 11.9 Å². The lowest BCUT2D eigenvalue weighted by molar-refractivity contribution is -0.146. The Morgan fingerprint density at radius 1 is 1.30 bits per heavy atom. The number of likely N-dealkylation sites (tertiary alicyclic amines) is 1. The van der Waals surface area contributed by atoms with Crippen LogP contribution in [0.25, 0.3) is 0 Å². The fraction of sp³-hybridized carbons (Fsp3) is 0.619. The van der Waals surface area contributed by atoms with E-state index in [9.17, 15) is 4.79 Å². The van der Waals surface area contributed by atoms with Crippen LogP contribution < -0.4 is 5.32 Å². The lowest BCUT2D eigenvalue weighted by atomic mass is 9.97. The van der Waals surface area contributed by atoms with Crippen molar-refractivity contribution in [1.82, 2.24) is 15.1 Å². The van der Waals surface area contributed by atoms with Gasteiger partial charge in [-0.3, -0.25) is 14.7 Å². The molecule has 0 amide bonds. The van der Waals surface area contributed by atoms with E-state index < -0.39 is 0 Å². The third-order valence-electron chi connectivity index (χ3n) is 5.40. The molecule has 0 bridgehead atoms. The summed E-state index contributed by atoms with van der Waals surface area (Å²) in [5.41, 5.74) is 2.62. The Balaban J connectivity index is 1.94. The van der Waals surface area contributed by atoms with E-state index in [4.69, 9.17) is 4.74 Å². The molecule has 1 aliphatic rings. The van der Waals surface area contributed by atoms with Gasteiger partial charge in [-0.05, 0) is 44.9 Å². The summed E-state index contributed by atoms with van der Waals surface area (Å²) in [6, 6.07) is 9.06. The van der Waals surface area contributed by atoms with Crippen molar-refractivity contribution in [3.05, 3.63) is 35.4 Å². The Hall–Kier alpha value is -2.08. The SMILES string of the molecule is CN=C(NCc1ccccc1CN(C)C(C)C)N1CCC(C(=O)OC)CC1. The summed E-state index contributed by atoms with van der Waals surface area (Å²) in [7, 11) is 5.43. The second-order valence-electron chi connectivity index (χ2n) is 7.46. The quantitative estimate of drug-likeness (QED) is 0.471. The van der Waals surface area contributed by atoms with Crippen molar-refractivity contribution in [1.29, 1.82) is 0 Å². The van der Waals surface area contributed by atoms with Crippen LogP contribution in [0.15, 0.2) is 29.3 Å². The van der Waals surface area contributed by atoms with Gasteiger partial charge >= 0.3 is 5.97 Å². The van der Waals surface area contributed by atoms with Gasteiger partial charge in [0.25, 0.3) is 0 Å². The molecule has 0 spiro atoms. The zero-order valence-corrected chi connectivity index (χ0v) is 17.4. The molecule has 1 aromatic rings. The van der Waals surface area contributed by atoms with Gasteiger partial charge in [-0.1, -0.05) is 24.3 Å². The van der Waals surface area contributed by atoms with Gasteiger partial charge in [-0.2, -0.15) is 0 Å². The van der Waals surface area contributed by atoms with E-state index in [1.54, 1.807) is 0 Å². The number of hydrogen-bond acceptors (Lipinski definition) is 4. The van der Waals surface area contributed by atoms with Crippen LogP contribution >= 0.6 is 0 Å². The molecule has 6 heteroatoms. The number of nitrogens with zero attached hydrogens (tertiary/aromatic N) is 3. The second-order valence-corrected chi connectivity index (χ2v) is 7.46. The average Bonchev–Trinajstić information content (AvgIpc) is 2.69. The number of benzene rings is 1. The molecule has 0 aliphatic carbocycles. The predicted octanol–water partition coefficient (Wildman–Crippen LogP) is 2.49. The van der Waals surface area contributed by atoms with Crippen LogP contribution in [-0.2, 0) is 22.6 Å². The maximum absolute atomic E-state index is 11.7. The number of methoxy groups -OCH3 is 1. The van der Waals surface area contributed by atoms with Crippen LogP contribution in [-0.4, -0.2) is 62.1 Å². The minimum absolute atomic E-state index is 0.0108. The van der Waals surface area contributed by atoms with Crippen molar-refractivity contribution in [2.75, 3.05) is 34.3 Å². The van der Waals surface area contributed by atoms with Crippen LogP contribution in [0.3, 0.4) is 0 Å². The first-order valence-electron chi connectivity index (χ1n) is 9.76. The fourth-order valence-corrected chi connectivity index (χ4v) is 3.34. The van der Waals surface area contributed by atoms with Crippen molar-refractivity contribution in [3.8, 4) is 0 Å². The predicted molar refractivity (Wildman–Crippen MR) is 110 cm³/mol. The summed E-state index contributed by atoms with van der Waals surface area (Å²) >= 11 is 0. The first-order valence-corrected chi connectivity index (χ1v) is 9.76. The third-order valence-corrected chi connectivity index (χ3v) is 5.40. The van der Waals surface area contributed by atoms with E-state index in [0.29, 0.717) is 6.04 Å². The standard InChI is InChI=1S/C21H34N4O2/c1-16(2)24(4)15-19-9-7-6-8-18(19)14-23-21(22-3)25-12-10-17(11-13-25)20(26)27-5/h6-9,16-17H,10-15H2,1-5H3,(H,22,23). The summed E-state index contributed by atoms with van der Waals surface area (Å²) in [5, 5.41) is 3.50. The number of hydrogen-bond donors (Lipinski definition) is 1. The highest BCUT2D eigenvalue weighted by atomic mass is 16.5. The molecule has 0 atom stereocenters. The summed E-state index contributed by atoms with van der Waals surface area (Å²) in [5.74, 6) is 0.808. The Morgan fingerprint density at radius 2 is 1.93 bits per heavy atom. The molecule has 27 heavy (non-hydrogen) atoms. The summed E-state index contributed by atoms with van der Waals surface area (Å²) in [6.07, 6.45) is 1.62. The van der Waals surface area contributed by atoms with E-state index in [0.717, 1.165) is 45.0 Å². The Bertz CT molecular complexity index is 637. The first kappa shape index (κ1) is 21.2. The van der Waals surface area contributed by atoms with Gasteiger partial charge in [0.2, 0.25) is 0 Å². The van der Waals surface area contributed by atoms with Gasteiger partial charge in [0.1, 0.15) is 0 Å². The van der Waals surface area contributed by atoms with Crippen molar-refractivity contribution in [2.45, 2.75) is 45.8 Å². The number of aliphatic imine (C=N–C) groups is 1. The number of ether oxygens (including phenoxy) is 1. The maximum Gasteiger partial charge on any atom is 0.308 e. The summed E-state index contributed by atoms with van der Waals surface area (Å²) in [4.78, 5) is 20.7. The topological polar surface area (TPSA) is 57.2 Å². The van der Waals surface area contributed by atoms with E-state index >= 15 is 0 Å². The average molecular weight is 375 g/mol. The van der Waals surface area contributed by atoms with E-state index in [1.807, 2.05) is 7.05 Å². The van der Waals surface area contributed by atoms with Gasteiger partial charge < -0.3 is 15.0 Å². The van der Waals surface area contributed by atoms with Crippen molar-refractivity contribution in [2.24, 2.45) is 10.9 Å². The number of rotatable bonds is 6. The van der Waals surface area contributed by atoms with E-state index in [1.165, 1.54) is 18.2 Å². The van der Waals surface area contributed by atoms with Crippen molar-refractivity contribution in [3.63, 3.8) is 0 Å². The number of carbonyl (C=O) groups excluding carboxylic acids is 1. The van der Waals surface area contributed by atoms with E-state index in [-0.39, 0.29) is 11.9 Å². The monoisotopic (exact) mass is 374 g/mol. The molecule has 1 heterocycles. The molecule has 1 aliphatic heterocycles. The Labute approximate surface area is 163 Å². The number of esters is 1. The van der Waals surface area contributed by atoms with Crippen molar-refractivity contribution < 1.29 is 9.53 Å². The molecule has 0 aromatic heterocycles. The smallest absolute Gasteiger partial charge is 0.308 e. The van der Waals surface area contributed by atoms with Gasteiger partial charge in [0.05, 0.1) is 13.0 Å². The molecular formula is C21H34N4O2. The Kier molecular flexibility index (Phi) is 8.10. The van der Waals surface area contributed by atoms with Crippen LogP contribution in [0.4, 0.5) is 0 Å². The maximum atomic E-state index is 11.7. The van der Waals surface area contributed by atoms with Gasteiger partial charge in [0.15, 0.2) is 5.96 Å². The Morgan fingerprint density at radius 3 is 2.48 bits per heavy atom. The minimum atomic E-state index is -0.0965. The van der Waals surface area contributed by atoms with Gasteiger partial charge in [-0.25, -0.2) is 0 Å². The fourth-order valence-electron chi connectivity index (χ4n) is 3.34. The molecule has 0 unspecified atom stereocenters. The molecule has 6 nitrogen and oxygen atoms in total. The van der Waals surface area contributed by atoms with Crippen LogP contribution in [0.2, 0.25) is 0 Å². The van der Waals surface area contributed by atoms with E-state index in [2.05, 4.69) is 65.3 Å². The molecule has 1 aromatic carbocycles. The number of nitrogens with one attached hydrogen (secondary N) is 1. The van der Waals surface area contributed by atoms with Crippen LogP contribution in [0.5, 0.6) is 0 Å². The molecule has 0 radical (unpaired) electrons. The first-order chi connectivity index (χ1) is 13.0. The molecule has 2 rings (SSSR count). The van der Waals surface area contributed by atoms with Crippen LogP contribution in [0, 0.1) is 5.92 Å². The number of guanidine groups is 1. The molecule has 0 saturated carbocycles. The zero-order valence-electron chi connectivity index (χ0n) is 17.4. The molecular weight excluding hydrogens is 340 g/mol. The third kappa shape index (κ3) is 5.96. The molecule has 150 valence electrons. The highest BCUT2D eigenvalue weighted by molar-refractivity contribution is 5.80. The van der Waals surface area contributed by atoms with Gasteiger partial charge in [-0.15, -0.1) is 0 Å². The minimum Gasteiger partial charge on any atom is -0.469 e. The largest absolute Gasteiger partial charge is 0.469 e. The van der Waals surface area contributed by atoms with Gasteiger partial charge in [0, 0.05) is 39.3 Å². The summed E-state index contributed by atoms with van der Waals surface area (Å²) < 4.78 is 4.87. The number of carbonyl (C=O) groups is 1. The lowest BCUT2D eigenvalue weighted by Gasteiger charge is -2.33.